The molecule has 0 unspecified atom stereocenters. The van der Waals surface area contributed by atoms with E-state index in [-0.39, 0.29) is 5.91 Å². The third-order valence-electron chi connectivity index (χ3n) is 2.81. The van der Waals surface area contributed by atoms with Gasteiger partial charge in [-0.2, -0.15) is 0 Å². The van der Waals surface area contributed by atoms with Crippen molar-refractivity contribution in [3.63, 3.8) is 0 Å². The highest BCUT2D eigenvalue weighted by Crippen LogP contribution is 2.10. The number of hydrogen-bond donors (Lipinski definition) is 2. The molecule has 0 spiro atoms. The van der Waals surface area contributed by atoms with Crippen LogP contribution in [0.4, 0.5) is 0 Å². The van der Waals surface area contributed by atoms with Crippen LogP contribution in [0.3, 0.4) is 0 Å². The van der Waals surface area contributed by atoms with Crippen LogP contribution in [0.1, 0.15) is 25.8 Å². The van der Waals surface area contributed by atoms with E-state index in [2.05, 4.69) is 24.5 Å². The fourth-order valence-electron chi connectivity index (χ4n) is 1.69. The molecule has 0 fully saturated rings. The molecule has 106 valence electrons. The molecule has 0 saturated heterocycles. The van der Waals surface area contributed by atoms with Crippen molar-refractivity contribution in [2.45, 2.75) is 26.7 Å². The van der Waals surface area contributed by atoms with Crippen LogP contribution >= 0.6 is 11.6 Å². The minimum Gasteiger partial charge on any atom is -0.355 e. The van der Waals surface area contributed by atoms with Crippen molar-refractivity contribution < 1.29 is 4.79 Å². The summed E-state index contributed by atoms with van der Waals surface area (Å²) in [5.41, 5.74) is 1.14. The minimum atomic E-state index is 0.0470. The Morgan fingerprint density at radius 2 is 2.11 bits per heavy atom. The summed E-state index contributed by atoms with van der Waals surface area (Å²) in [7, 11) is 0. The molecule has 0 bridgehead atoms. The van der Waals surface area contributed by atoms with E-state index in [0.717, 1.165) is 30.0 Å². The van der Waals surface area contributed by atoms with Gasteiger partial charge in [0.1, 0.15) is 0 Å². The lowest BCUT2D eigenvalue weighted by Crippen LogP contribution is -2.35. The van der Waals surface area contributed by atoms with Crippen LogP contribution in [0.5, 0.6) is 0 Å². The van der Waals surface area contributed by atoms with E-state index >= 15 is 0 Å². The van der Waals surface area contributed by atoms with Gasteiger partial charge in [-0.05, 0) is 43.0 Å². The van der Waals surface area contributed by atoms with Gasteiger partial charge in [0, 0.05) is 11.6 Å². The van der Waals surface area contributed by atoms with Crippen molar-refractivity contribution in [3.8, 4) is 0 Å². The van der Waals surface area contributed by atoms with E-state index in [4.69, 9.17) is 11.6 Å². The second kappa shape index (κ2) is 8.94. The Morgan fingerprint density at radius 1 is 1.32 bits per heavy atom. The predicted octanol–water partition coefficient (Wildman–Crippen LogP) is 2.63. The minimum absolute atomic E-state index is 0.0470. The summed E-state index contributed by atoms with van der Waals surface area (Å²) in [4.78, 5) is 11.5. The number of halogens is 1. The van der Waals surface area contributed by atoms with Gasteiger partial charge in [-0.15, -0.1) is 0 Å². The summed E-state index contributed by atoms with van der Waals surface area (Å²) >= 11 is 5.90. The standard InChI is InChI=1S/C15H23ClN2O/c1-12(2)6-8-17-11-15(19)18-9-7-13-4-3-5-14(16)10-13/h3-5,10,12,17H,6-9,11H2,1-2H3,(H,18,19). The second-order valence-corrected chi connectivity index (χ2v) is 5.53. The molecule has 1 amide bonds. The Balaban J connectivity index is 2.10. The van der Waals surface area contributed by atoms with Gasteiger partial charge in [0.15, 0.2) is 0 Å². The molecule has 0 radical (unpaired) electrons. The molecule has 0 aromatic heterocycles. The Kier molecular flexibility index (Phi) is 7.53. The maximum absolute atomic E-state index is 11.5. The van der Waals surface area contributed by atoms with Crippen molar-refractivity contribution >= 4 is 17.5 Å². The Labute approximate surface area is 120 Å². The summed E-state index contributed by atoms with van der Waals surface area (Å²) in [6.45, 7) is 6.27. The summed E-state index contributed by atoms with van der Waals surface area (Å²) in [5.74, 6) is 0.712. The Bertz CT molecular complexity index is 393. The molecule has 4 heteroatoms. The van der Waals surface area contributed by atoms with Gasteiger partial charge in [0.2, 0.25) is 5.91 Å². The molecule has 0 heterocycles. The van der Waals surface area contributed by atoms with Gasteiger partial charge in [-0.1, -0.05) is 37.6 Å². The van der Waals surface area contributed by atoms with E-state index < -0.39 is 0 Å². The molecule has 0 aliphatic carbocycles. The zero-order valence-electron chi connectivity index (χ0n) is 11.7. The average molecular weight is 283 g/mol. The highest BCUT2D eigenvalue weighted by atomic mass is 35.5. The molecular weight excluding hydrogens is 260 g/mol. The number of hydrogen-bond acceptors (Lipinski definition) is 2. The summed E-state index contributed by atoms with van der Waals surface area (Å²) in [6.07, 6.45) is 1.90. The predicted molar refractivity (Wildman–Crippen MR) is 80.5 cm³/mol. The molecule has 1 aromatic carbocycles. The molecule has 0 aliphatic heterocycles. The lowest BCUT2D eigenvalue weighted by molar-refractivity contribution is -0.120. The molecule has 2 N–H and O–H groups in total. The number of carbonyl (C=O) groups excluding carboxylic acids is 1. The van der Waals surface area contributed by atoms with Gasteiger partial charge < -0.3 is 10.6 Å². The van der Waals surface area contributed by atoms with Gasteiger partial charge in [-0.3, -0.25) is 4.79 Å². The number of carbonyl (C=O) groups is 1. The Morgan fingerprint density at radius 3 is 2.79 bits per heavy atom. The van der Waals surface area contributed by atoms with Crippen molar-refractivity contribution in [3.05, 3.63) is 34.9 Å². The average Bonchev–Trinajstić information content (AvgIpc) is 2.34. The molecule has 19 heavy (non-hydrogen) atoms. The SMILES string of the molecule is CC(C)CCNCC(=O)NCCc1cccc(Cl)c1. The van der Waals surface area contributed by atoms with Crippen molar-refractivity contribution in [2.75, 3.05) is 19.6 Å². The van der Waals surface area contributed by atoms with Crippen LogP contribution in [0.15, 0.2) is 24.3 Å². The first-order chi connectivity index (χ1) is 9.08. The maximum Gasteiger partial charge on any atom is 0.233 e. The van der Waals surface area contributed by atoms with Gasteiger partial charge in [0.05, 0.1) is 6.54 Å². The number of nitrogens with one attached hydrogen (secondary N) is 2. The zero-order valence-corrected chi connectivity index (χ0v) is 12.5. The van der Waals surface area contributed by atoms with Gasteiger partial charge >= 0.3 is 0 Å². The lowest BCUT2D eigenvalue weighted by Gasteiger charge is -2.08. The van der Waals surface area contributed by atoms with Crippen molar-refractivity contribution in [1.82, 2.24) is 10.6 Å². The van der Waals surface area contributed by atoms with Crippen LogP contribution in [0.2, 0.25) is 5.02 Å². The number of amides is 1. The highest BCUT2D eigenvalue weighted by Gasteiger charge is 2.01. The largest absolute Gasteiger partial charge is 0.355 e. The first kappa shape index (κ1) is 16.0. The fourth-order valence-corrected chi connectivity index (χ4v) is 1.91. The molecule has 3 nitrogen and oxygen atoms in total. The fraction of sp³-hybridized carbons (Fsp3) is 0.533. The first-order valence-electron chi connectivity index (χ1n) is 6.80. The summed E-state index contributed by atoms with van der Waals surface area (Å²) in [6, 6.07) is 7.71. The van der Waals surface area contributed by atoms with Crippen LogP contribution in [-0.2, 0) is 11.2 Å². The van der Waals surface area contributed by atoms with E-state index in [9.17, 15) is 4.79 Å². The molecule has 1 aromatic rings. The van der Waals surface area contributed by atoms with E-state index in [1.54, 1.807) is 0 Å². The van der Waals surface area contributed by atoms with E-state index in [0.29, 0.717) is 19.0 Å². The third kappa shape index (κ3) is 7.85. The summed E-state index contributed by atoms with van der Waals surface area (Å²) < 4.78 is 0. The van der Waals surface area contributed by atoms with Crippen LogP contribution in [0, 0.1) is 5.92 Å². The topological polar surface area (TPSA) is 41.1 Å². The lowest BCUT2D eigenvalue weighted by atomic mass is 10.1. The highest BCUT2D eigenvalue weighted by molar-refractivity contribution is 6.30. The van der Waals surface area contributed by atoms with Crippen LogP contribution < -0.4 is 10.6 Å². The maximum atomic E-state index is 11.5. The summed E-state index contributed by atoms with van der Waals surface area (Å²) in [5, 5.41) is 6.77. The van der Waals surface area contributed by atoms with Crippen molar-refractivity contribution in [2.24, 2.45) is 5.92 Å². The molecule has 1 rings (SSSR count). The van der Waals surface area contributed by atoms with Gasteiger partial charge in [0.25, 0.3) is 0 Å². The second-order valence-electron chi connectivity index (χ2n) is 5.09. The van der Waals surface area contributed by atoms with Crippen molar-refractivity contribution in [1.29, 1.82) is 0 Å². The smallest absolute Gasteiger partial charge is 0.233 e. The molecular formula is C15H23ClN2O. The van der Waals surface area contributed by atoms with Crippen LogP contribution in [0.25, 0.3) is 0 Å². The molecule has 0 aliphatic rings. The monoisotopic (exact) mass is 282 g/mol. The van der Waals surface area contributed by atoms with E-state index in [1.807, 2.05) is 24.3 Å². The van der Waals surface area contributed by atoms with Gasteiger partial charge in [-0.25, -0.2) is 0 Å². The zero-order chi connectivity index (χ0) is 14.1. The first-order valence-corrected chi connectivity index (χ1v) is 7.17. The van der Waals surface area contributed by atoms with Crippen LogP contribution in [-0.4, -0.2) is 25.5 Å². The van der Waals surface area contributed by atoms with E-state index in [1.165, 1.54) is 0 Å². The number of rotatable bonds is 8. The Hall–Kier alpha value is -1.06. The molecule has 0 saturated carbocycles. The molecule has 0 atom stereocenters. The normalized spacial score (nSPS) is 10.7. The number of benzene rings is 1. The third-order valence-corrected chi connectivity index (χ3v) is 3.04. The quantitative estimate of drug-likeness (QED) is 0.720.